The molecule has 20 heavy (non-hydrogen) atoms. The van der Waals surface area contributed by atoms with Crippen LogP contribution in [0, 0.1) is 5.92 Å². The standard InChI is InChI=1S/C15H22N2O3/c1-3-14-10(4-5-20-14)9-17-15(18)11-6-12(16)8-13(7-11)19-2/h6-8,10,14H,3-5,9,16H2,1-2H3,(H,17,18). The van der Waals surface area contributed by atoms with Gasteiger partial charge in [-0.15, -0.1) is 0 Å². The summed E-state index contributed by atoms with van der Waals surface area (Å²) < 4.78 is 10.7. The van der Waals surface area contributed by atoms with Crippen molar-refractivity contribution in [3.63, 3.8) is 0 Å². The van der Waals surface area contributed by atoms with Crippen molar-refractivity contribution >= 4 is 11.6 Å². The maximum absolute atomic E-state index is 12.2. The van der Waals surface area contributed by atoms with Gasteiger partial charge >= 0.3 is 0 Å². The molecule has 0 spiro atoms. The summed E-state index contributed by atoms with van der Waals surface area (Å²) in [6.45, 7) is 3.52. The Balaban J connectivity index is 1.96. The molecule has 0 aliphatic carbocycles. The Labute approximate surface area is 119 Å². The summed E-state index contributed by atoms with van der Waals surface area (Å²) in [5, 5.41) is 2.95. The number of nitrogen functional groups attached to an aromatic ring is 1. The number of rotatable bonds is 5. The molecule has 1 saturated heterocycles. The molecule has 2 unspecified atom stereocenters. The number of benzene rings is 1. The number of nitrogens with two attached hydrogens (primary N) is 1. The molecular formula is C15H22N2O3. The van der Waals surface area contributed by atoms with E-state index in [0.717, 1.165) is 19.4 Å². The van der Waals surface area contributed by atoms with Crippen LogP contribution in [0.15, 0.2) is 18.2 Å². The molecule has 5 heteroatoms. The Kier molecular flexibility index (Phi) is 4.84. The van der Waals surface area contributed by atoms with Crippen molar-refractivity contribution < 1.29 is 14.3 Å². The van der Waals surface area contributed by atoms with Gasteiger partial charge in [-0.1, -0.05) is 6.92 Å². The van der Waals surface area contributed by atoms with E-state index in [4.69, 9.17) is 15.2 Å². The summed E-state index contributed by atoms with van der Waals surface area (Å²) in [6.07, 6.45) is 2.23. The van der Waals surface area contributed by atoms with Crippen molar-refractivity contribution in [3.05, 3.63) is 23.8 Å². The lowest BCUT2D eigenvalue weighted by Gasteiger charge is -2.17. The number of hydrogen-bond donors (Lipinski definition) is 2. The molecule has 0 saturated carbocycles. The van der Waals surface area contributed by atoms with Gasteiger partial charge in [0.2, 0.25) is 0 Å². The van der Waals surface area contributed by atoms with Crippen LogP contribution in [-0.4, -0.2) is 32.3 Å². The van der Waals surface area contributed by atoms with Crippen LogP contribution in [0.2, 0.25) is 0 Å². The van der Waals surface area contributed by atoms with Crippen molar-refractivity contribution in [2.75, 3.05) is 26.0 Å². The monoisotopic (exact) mass is 278 g/mol. The molecular weight excluding hydrogens is 256 g/mol. The van der Waals surface area contributed by atoms with E-state index in [1.54, 1.807) is 25.3 Å². The SMILES string of the molecule is CCC1OCCC1CNC(=O)c1cc(N)cc(OC)c1. The molecule has 1 aromatic rings. The van der Waals surface area contributed by atoms with E-state index < -0.39 is 0 Å². The fourth-order valence-corrected chi connectivity index (χ4v) is 2.57. The molecule has 5 nitrogen and oxygen atoms in total. The maximum Gasteiger partial charge on any atom is 0.251 e. The summed E-state index contributed by atoms with van der Waals surface area (Å²) in [5.41, 5.74) is 6.80. The topological polar surface area (TPSA) is 73.6 Å². The van der Waals surface area contributed by atoms with Crippen molar-refractivity contribution in [1.82, 2.24) is 5.32 Å². The highest BCUT2D eigenvalue weighted by Crippen LogP contribution is 2.23. The number of methoxy groups -OCH3 is 1. The molecule has 2 atom stereocenters. The van der Waals surface area contributed by atoms with E-state index in [1.807, 2.05) is 0 Å². The summed E-state index contributed by atoms with van der Waals surface area (Å²) >= 11 is 0. The van der Waals surface area contributed by atoms with Gasteiger partial charge in [-0.2, -0.15) is 0 Å². The summed E-state index contributed by atoms with van der Waals surface area (Å²) in [6, 6.07) is 5.03. The van der Waals surface area contributed by atoms with Crippen molar-refractivity contribution in [2.24, 2.45) is 5.92 Å². The molecule has 1 aliphatic heterocycles. The predicted octanol–water partition coefficient (Wildman–Crippen LogP) is 1.82. The first-order chi connectivity index (χ1) is 9.63. The molecule has 1 aliphatic rings. The van der Waals surface area contributed by atoms with Crippen LogP contribution in [0.1, 0.15) is 30.1 Å². The number of nitrogens with one attached hydrogen (secondary N) is 1. The number of ether oxygens (including phenoxy) is 2. The van der Waals surface area contributed by atoms with Gasteiger partial charge in [0, 0.05) is 36.4 Å². The molecule has 1 aromatic carbocycles. The minimum atomic E-state index is -0.127. The van der Waals surface area contributed by atoms with Crippen molar-refractivity contribution in [1.29, 1.82) is 0 Å². The second kappa shape index (κ2) is 6.61. The molecule has 0 bridgehead atoms. The van der Waals surface area contributed by atoms with E-state index in [1.165, 1.54) is 0 Å². The minimum Gasteiger partial charge on any atom is -0.497 e. The summed E-state index contributed by atoms with van der Waals surface area (Å²) in [7, 11) is 1.55. The molecule has 110 valence electrons. The largest absolute Gasteiger partial charge is 0.497 e. The molecule has 2 rings (SSSR count). The fourth-order valence-electron chi connectivity index (χ4n) is 2.57. The number of amides is 1. The summed E-state index contributed by atoms with van der Waals surface area (Å²) in [4.78, 5) is 12.2. The van der Waals surface area contributed by atoms with Crippen LogP contribution in [0.5, 0.6) is 5.75 Å². The van der Waals surface area contributed by atoms with E-state index in [2.05, 4.69) is 12.2 Å². The van der Waals surface area contributed by atoms with Gasteiger partial charge in [-0.05, 0) is 25.0 Å². The van der Waals surface area contributed by atoms with Crippen LogP contribution in [-0.2, 0) is 4.74 Å². The zero-order valence-electron chi connectivity index (χ0n) is 12.0. The second-order valence-electron chi connectivity index (χ2n) is 5.07. The Morgan fingerprint density at radius 3 is 3.00 bits per heavy atom. The predicted molar refractivity (Wildman–Crippen MR) is 77.9 cm³/mol. The van der Waals surface area contributed by atoms with Gasteiger partial charge in [0.15, 0.2) is 0 Å². The lowest BCUT2D eigenvalue weighted by Crippen LogP contribution is -2.32. The van der Waals surface area contributed by atoms with Gasteiger partial charge < -0.3 is 20.5 Å². The fraction of sp³-hybridized carbons (Fsp3) is 0.533. The van der Waals surface area contributed by atoms with Crippen molar-refractivity contribution in [3.8, 4) is 5.75 Å². The summed E-state index contributed by atoms with van der Waals surface area (Å²) in [5.74, 6) is 0.857. The first-order valence-electron chi connectivity index (χ1n) is 6.98. The molecule has 1 heterocycles. The van der Waals surface area contributed by atoms with Gasteiger partial charge in [0.1, 0.15) is 5.75 Å². The average molecular weight is 278 g/mol. The van der Waals surface area contributed by atoms with Crippen LogP contribution < -0.4 is 15.8 Å². The number of hydrogen-bond acceptors (Lipinski definition) is 4. The quantitative estimate of drug-likeness (QED) is 0.806. The highest BCUT2D eigenvalue weighted by molar-refractivity contribution is 5.95. The molecule has 3 N–H and O–H groups in total. The van der Waals surface area contributed by atoms with E-state index in [9.17, 15) is 4.79 Å². The third-order valence-electron chi connectivity index (χ3n) is 3.70. The Morgan fingerprint density at radius 2 is 2.30 bits per heavy atom. The molecule has 0 radical (unpaired) electrons. The first kappa shape index (κ1) is 14.7. The van der Waals surface area contributed by atoms with E-state index in [-0.39, 0.29) is 12.0 Å². The van der Waals surface area contributed by atoms with Gasteiger partial charge in [-0.3, -0.25) is 4.79 Å². The van der Waals surface area contributed by atoms with Gasteiger partial charge in [-0.25, -0.2) is 0 Å². The third-order valence-corrected chi connectivity index (χ3v) is 3.70. The Morgan fingerprint density at radius 1 is 1.50 bits per heavy atom. The Bertz CT molecular complexity index is 476. The minimum absolute atomic E-state index is 0.127. The lowest BCUT2D eigenvalue weighted by atomic mass is 9.99. The zero-order chi connectivity index (χ0) is 14.5. The molecule has 0 aromatic heterocycles. The lowest BCUT2D eigenvalue weighted by molar-refractivity contribution is 0.0826. The number of carbonyl (C=O) groups is 1. The molecule has 1 fully saturated rings. The second-order valence-corrected chi connectivity index (χ2v) is 5.07. The van der Waals surface area contributed by atoms with Crippen LogP contribution in [0.3, 0.4) is 0 Å². The maximum atomic E-state index is 12.2. The molecule has 1 amide bonds. The van der Waals surface area contributed by atoms with Gasteiger partial charge in [0.05, 0.1) is 13.2 Å². The van der Waals surface area contributed by atoms with Crippen LogP contribution in [0.4, 0.5) is 5.69 Å². The van der Waals surface area contributed by atoms with Crippen molar-refractivity contribution in [2.45, 2.75) is 25.9 Å². The third kappa shape index (κ3) is 3.42. The average Bonchev–Trinajstić information content (AvgIpc) is 2.91. The van der Waals surface area contributed by atoms with E-state index in [0.29, 0.717) is 29.5 Å². The van der Waals surface area contributed by atoms with E-state index >= 15 is 0 Å². The number of carbonyl (C=O) groups excluding carboxylic acids is 1. The van der Waals surface area contributed by atoms with Crippen LogP contribution >= 0.6 is 0 Å². The normalized spacial score (nSPS) is 21.7. The number of anilines is 1. The first-order valence-corrected chi connectivity index (χ1v) is 6.98. The highest BCUT2D eigenvalue weighted by Gasteiger charge is 2.26. The Hall–Kier alpha value is -1.75. The van der Waals surface area contributed by atoms with Gasteiger partial charge in [0.25, 0.3) is 5.91 Å². The zero-order valence-corrected chi connectivity index (χ0v) is 12.0. The van der Waals surface area contributed by atoms with Crippen LogP contribution in [0.25, 0.3) is 0 Å². The smallest absolute Gasteiger partial charge is 0.251 e. The highest BCUT2D eigenvalue weighted by atomic mass is 16.5.